The number of benzene rings is 1. The predicted molar refractivity (Wildman–Crippen MR) is 103 cm³/mol. The molecule has 0 amide bonds. The first-order valence-electron chi connectivity index (χ1n) is 8.85. The van der Waals surface area contributed by atoms with E-state index in [4.69, 9.17) is 0 Å². The van der Waals surface area contributed by atoms with Crippen LogP contribution in [0.5, 0.6) is 0 Å². The smallest absolute Gasteiger partial charge is 0.213 e. The maximum absolute atomic E-state index is 12.0. The summed E-state index contributed by atoms with van der Waals surface area (Å²) in [4.78, 5) is 6.24. The van der Waals surface area contributed by atoms with Crippen molar-refractivity contribution in [1.82, 2.24) is 14.9 Å². The summed E-state index contributed by atoms with van der Waals surface area (Å²) in [7, 11) is 0.424. The van der Waals surface area contributed by atoms with Gasteiger partial charge in [-0.15, -0.1) is 0 Å². The molecule has 1 saturated carbocycles. The van der Waals surface area contributed by atoms with Crippen molar-refractivity contribution in [2.24, 2.45) is 10.9 Å². The van der Waals surface area contributed by atoms with Crippen LogP contribution in [-0.2, 0) is 16.6 Å². The highest BCUT2D eigenvalue weighted by Gasteiger charge is 2.20. The molecule has 1 aliphatic carbocycles. The van der Waals surface area contributed by atoms with Gasteiger partial charge in [0.1, 0.15) is 0 Å². The first kappa shape index (κ1) is 19.7. The average Bonchev–Trinajstić information content (AvgIpc) is 2.52. The van der Waals surface area contributed by atoms with Crippen LogP contribution in [0.25, 0.3) is 0 Å². The second kappa shape index (κ2) is 9.20. The Hall–Kier alpha value is -1.60. The zero-order valence-corrected chi connectivity index (χ0v) is 16.3. The van der Waals surface area contributed by atoms with E-state index in [1.807, 2.05) is 24.1 Å². The number of nitrogens with zero attached hydrogens (tertiary/aromatic N) is 2. The Morgan fingerprint density at radius 3 is 2.64 bits per heavy atom. The van der Waals surface area contributed by atoms with E-state index in [0.717, 1.165) is 19.4 Å². The van der Waals surface area contributed by atoms with Crippen LogP contribution in [0, 0.1) is 12.8 Å². The van der Waals surface area contributed by atoms with Gasteiger partial charge in [0.2, 0.25) is 10.0 Å². The van der Waals surface area contributed by atoms with Gasteiger partial charge >= 0.3 is 0 Å². The highest BCUT2D eigenvalue weighted by atomic mass is 32.2. The van der Waals surface area contributed by atoms with Gasteiger partial charge in [0.25, 0.3) is 0 Å². The zero-order valence-electron chi connectivity index (χ0n) is 15.5. The van der Waals surface area contributed by atoms with Gasteiger partial charge in [-0.3, -0.25) is 4.99 Å². The first-order valence-corrected chi connectivity index (χ1v) is 10.5. The molecule has 140 valence electrons. The highest BCUT2D eigenvalue weighted by Crippen LogP contribution is 2.25. The Labute approximate surface area is 151 Å². The minimum absolute atomic E-state index is 0.0525. The lowest BCUT2D eigenvalue weighted by molar-refractivity contribution is 0.316. The topological polar surface area (TPSA) is 73.8 Å². The minimum Gasteiger partial charge on any atom is -0.355 e. The van der Waals surface area contributed by atoms with Crippen molar-refractivity contribution in [3.05, 3.63) is 35.4 Å². The van der Waals surface area contributed by atoms with Crippen molar-refractivity contribution in [2.75, 3.05) is 32.9 Å². The lowest BCUT2D eigenvalue weighted by atomic mass is 9.86. The molecule has 1 aromatic rings. The molecule has 0 atom stereocenters. The Bertz CT molecular complexity index is 684. The maximum Gasteiger partial charge on any atom is 0.213 e. The largest absolute Gasteiger partial charge is 0.355 e. The number of sulfonamides is 1. The summed E-state index contributed by atoms with van der Waals surface area (Å²) in [5.41, 5.74) is 2.45. The summed E-state index contributed by atoms with van der Waals surface area (Å²) in [6.07, 6.45) is 3.49. The quantitative estimate of drug-likeness (QED) is 0.543. The molecule has 2 N–H and O–H groups in total. The molecular weight excluding hydrogens is 336 g/mol. The Morgan fingerprint density at radius 1 is 1.32 bits per heavy atom. The van der Waals surface area contributed by atoms with Crippen LogP contribution in [0.4, 0.5) is 0 Å². The van der Waals surface area contributed by atoms with Crippen molar-refractivity contribution in [3.63, 3.8) is 0 Å². The van der Waals surface area contributed by atoms with Gasteiger partial charge < -0.3 is 10.2 Å². The zero-order chi connectivity index (χ0) is 18.3. The van der Waals surface area contributed by atoms with Crippen molar-refractivity contribution < 1.29 is 8.42 Å². The number of nitrogens with one attached hydrogen (secondary N) is 2. The molecule has 0 heterocycles. The summed E-state index contributed by atoms with van der Waals surface area (Å²) in [6, 6.07) is 8.22. The van der Waals surface area contributed by atoms with E-state index < -0.39 is 10.0 Å². The van der Waals surface area contributed by atoms with Crippen LogP contribution in [-0.4, -0.2) is 52.2 Å². The predicted octanol–water partition coefficient (Wildman–Crippen LogP) is 1.72. The first-order chi connectivity index (χ1) is 11.9. The summed E-state index contributed by atoms with van der Waals surface area (Å²) in [5, 5.41) is 3.14. The molecule has 2 rings (SSSR count). The molecule has 0 aromatic heterocycles. The fourth-order valence-electron chi connectivity index (χ4n) is 2.81. The average molecular weight is 367 g/mol. The van der Waals surface area contributed by atoms with Crippen LogP contribution in [0.15, 0.2) is 29.3 Å². The fraction of sp³-hybridized carbons (Fsp3) is 0.611. The van der Waals surface area contributed by atoms with Crippen LogP contribution < -0.4 is 10.0 Å². The second-order valence-electron chi connectivity index (χ2n) is 6.72. The third-order valence-electron chi connectivity index (χ3n) is 4.71. The van der Waals surface area contributed by atoms with Crippen molar-refractivity contribution in [1.29, 1.82) is 0 Å². The van der Waals surface area contributed by atoms with Gasteiger partial charge in [0, 0.05) is 33.7 Å². The minimum atomic E-state index is -3.23. The molecule has 0 spiro atoms. The van der Waals surface area contributed by atoms with E-state index in [-0.39, 0.29) is 5.75 Å². The molecule has 7 heteroatoms. The van der Waals surface area contributed by atoms with Gasteiger partial charge in [-0.2, -0.15) is 0 Å². The van der Waals surface area contributed by atoms with E-state index >= 15 is 0 Å². The molecule has 1 aliphatic rings. The lowest BCUT2D eigenvalue weighted by Crippen LogP contribution is -2.42. The Balaban J connectivity index is 1.78. The molecule has 0 bridgehead atoms. The molecule has 6 nitrogen and oxygen atoms in total. The highest BCUT2D eigenvalue weighted by molar-refractivity contribution is 7.89. The van der Waals surface area contributed by atoms with Gasteiger partial charge in [0.15, 0.2) is 5.96 Å². The van der Waals surface area contributed by atoms with Crippen LogP contribution in [0.1, 0.15) is 30.4 Å². The normalized spacial score (nSPS) is 15.7. The number of aliphatic imine (C=N–C) groups is 1. The standard InChI is InChI=1S/C18H30N4O2S/c1-15-7-4-5-10-17(15)14-22(3)18(19-2)20-11-12-25(23,24)21-13-16-8-6-9-16/h4-5,7,10,16,21H,6,8-9,11-14H2,1-3H3,(H,19,20). The molecule has 1 fully saturated rings. The second-order valence-corrected chi connectivity index (χ2v) is 8.65. The number of hydrogen-bond acceptors (Lipinski definition) is 3. The van der Waals surface area contributed by atoms with Gasteiger partial charge in [-0.25, -0.2) is 13.1 Å². The van der Waals surface area contributed by atoms with Gasteiger partial charge in [0.05, 0.1) is 5.75 Å². The summed E-state index contributed by atoms with van der Waals surface area (Å²) in [6.45, 7) is 3.72. The Kier molecular flexibility index (Phi) is 7.25. The van der Waals surface area contributed by atoms with E-state index in [9.17, 15) is 8.42 Å². The van der Waals surface area contributed by atoms with Gasteiger partial charge in [-0.1, -0.05) is 30.7 Å². The molecule has 0 saturated heterocycles. The van der Waals surface area contributed by atoms with Crippen molar-refractivity contribution in [3.8, 4) is 0 Å². The Morgan fingerprint density at radius 2 is 2.04 bits per heavy atom. The van der Waals surface area contributed by atoms with E-state index in [2.05, 4.69) is 34.1 Å². The fourth-order valence-corrected chi connectivity index (χ4v) is 3.82. The van der Waals surface area contributed by atoms with Crippen LogP contribution >= 0.6 is 0 Å². The monoisotopic (exact) mass is 366 g/mol. The van der Waals surface area contributed by atoms with E-state index in [0.29, 0.717) is 25.0 Å². The lowest BCUT2D eigenvalue weighted by Gasteiger charge is -2.25. The number of guanidine groups is 1. The van der Waals surface area contributed by atoms with E-state index in [1.54, 1.807) is 7.05 Å². The maximum atomic E-state index is 12.0. The van der Waals surface area contributed by atoms with E-state index in [1.165, 1.54) is 17.5 Å². The molecule has 0 aliphatic heterocycles. The third-order valence-corrected chi connectivity index (χ3v) is 6.06. The summed E-state index contributed by atoms with van der Waals surface area (Å²) < 4.78 is 26.8. The van der Waals surface area contributed by atoms with Gasteiger partial charge in [-0.05, 0) is 36.8 Å². The molecular formula is C18H30N4O2S. The van der Waals surface area contributed by atoms with Crippen LogP contribution in [0.2, 0.25) is 0 Å². The molecule has 25 heavy (non-hydrogen) atoms. The SMILES string of the molecule is CN=C(NCCS(=O)(=O)NCC1CCC1)N(C)Cc1ccccc1C. The number of aryl methyl sites for hydroxylation is 1. The van der Waals surface area contributed by atoms with Crippen LogP contribution in [0.3, 0.4) is 0 Å². The number of rotatable bonds is 8. The molecule has 0 unspecified atom stereocenters. The summed E-state index contributed by atoms with van der Waals surface area (Å²) in [5.74, 6) is 1.27. The molecule has 0 radical (unpaired) electrons. The summed E-state index contributed by atoms with van der Waals surface area (Å²) >= 11 is 0. The van der Waals surface area contributed by atoms with Crippen molar-refractivity contribution in [2.45, 2.75) is 32.7 Å². The van der Waals surface area contributed by atoms with Crippen molar-refractivity contribution >= 4 is 16.0 Å². The molecule has 1 aromatic carbocycles. The third kappa shape index (κ3) is 6.32. The number of hydrogen-bond donors (Lipinski definition) is 2.